The first kappa shape index (κ1) is 14.1. The summed E-state index contributed by atoms with van der Waals surface area (Å²) in [6.07, 6.45) is 0.826. The highest BCUT2D eigenvalue weighted by molar-refractivity contribution is 6.04. The molecular formula is C16H17FN2O. The van der Waals surface area contributed by atoms with Gasteiger partial charge in [-0.05, 0) is 48.7 Å². The van der Waals surface area contributed by atoms with Crippen LogP contribution < -0.4 is 11.1 Å². The quantitative estimate of drug-likeness (QED) is 0.840. The molecule has 0 radical (unpaired) electrons. The van der Waals surface area contributed by atoms with E-state index in [1.807, 2.05) is 13.0 Å². The van der Waals surface area contributed by atoms with Crippen LogP contribution in [0.2, 0.25) is 0 Å². The van der Waals surface area contributed by atoms with Crippen molar-refractivity contribution in [2.45, 2.75) is 20.3 Å². The maximum atomic E-state index is 13.7. The van der Waals surface area contributed by atoms with Crippen molar-refractivity contribution in [2.75, 3.05) is 11.1 Å². The Morgan fingerprint density at radius 1 is 1.25 bits per heavy atom. The van der Waals surface area contributed by atoms with Gasteiger partial charge < -0.3 is 11.1 Å². The van der Waals surface area contributed by atoms with Crippen molar-refractivity contribution in [1.29, 1.82) is 0 Å². The molecule has 2 aromatic rings. The fourth-order valence-electron chi connectivity index (χ4n) is 2.00. The Labute approximate surface area is 117 Å². The predicted molar refractivity (Wildman–Crippen MR) is 79.3 cm³/mol. The summed E-state index contributed by atoms with van der Waals surface area (Å²) in [6.45, 7) is 3.78. The summed E-state index contributed by atoms with van der Waals surface area (Å²) in [5, 5.41) is 2.65. The van der Waals surface area contributed by atoms with E-state index in [0.717, 1.165) is 17.5 Å². The number of rotatable bonds is 3. The second kappa shape index (κ2) is 5.74. The first-order valence-corrected chi connectivity index (χ1v) is 6.47. The van der Waals surface area contributed by atoms with Crippen molar-refractivity contribution in [3.63, 3.8) is 0 Å². The van der Waals surface area contributed by atoms with Gasteiger partial charge in [0.2, 0.25) is 0 Å². The minimum absolute atomic E-state index is 0.0220. The zero-order valence-electron chi connectivity index (χ0n) is 11.5. The molecule has 0 saturated heterocycles. The Kier molecular flexibility index (Phi) is 4.03. The number of nitrogens with one attached hydrogen (secondary N) is 1. The van der Waals surface area contributed by atoms with E-state index in [-0.39, 0.29) is 5.56 Å². The van der Waals surface area contributed by atoms with E-state index in [0.29, 0.717) is 11.4 Å². The zero-order chi connectivity index (χ0) is 14.7. The molecule has 0 aliphatic rings. The van der Waals surface area contributed by atoms with Crippen LogP contribution in [0.1, 0.15) is 28.4 Å². The van der Waals surface area contributed by atoms with Crippen LogP contribution in [0.3, 0.4) is 0 Å². The molecule has 0 aliphatic carbocycles. The van der Waals surface area contributed by atoms with E-state index in [1.165, 1.54) is 12.1 Å². The van der Waals surface area contributed by atoms with Gasteiger partial charge in [-0.3, -0.25) is 4.79 Å². The van der Waals surface area contributed by atoms with E-state index in [2.05, 4.69) is 5.32 Å². The molecule has 0 atom stereocenters. The summed E-state index contributed by atoms with van der Waals surface area (Å²) in [7, 11) is 0. The minimum atomic E-state index is -0.527. The number of nitrogens with two attached hydrogens (primary N) is 1. The Balaban J connectivity index is 2.21. The van der Waals surface area contributed by atoms with Crippen LogP contribution in [0.25, 0.3) is 0 Å². The maximum absolute atomic E-state index is 13.7. The van der Waals surface area contributed by atoms with Crippen molar-refractivity contribution in [3.8, 4) is 0 Å². The number of halogens is 1. The van der Waals surface area contributed by atoms with Crippen LogP contribution in [-0.2, 0) is 6.42 Å². The topological polar surface area (TPSA) is 55.1 Å². The normalized spacial score (nSPS) is 10.3. The molecule has 3 nitrogen and oxygen atoms in total. The lowest BCUT2D eigenvalue weighted by Gasteiger charge is -2.09. The highest BCUT2D eigenvalue weighted by atomic mass is 19.1. The van der Waals surface area contributed by atoms with Gasteiger partial charge in [0.1, 0.15) is 5.82 Å². The summed E-state index contributed by atoms with van der Waals surface area (Å²) in [6, 6.07) is 9.82. The Hall–Kier alpha value is -2.36. The fourth-order valence-corrected chi connectivity index (χ4v) is 2.00. The molecule has 2 rings (SSSR count). The van der Waals surface area contributed by atoms with Gasteiger partial charge in [-0.25, -0.2) is 4.39 Å². The average molecular weight is 272 g/mol. The summed E-state index contributed by atoms with van der Waals surface area (Å²) in [5.41, 5.74) is 8.86. The lowest BCUT2D eigenvalue weighted by atomic mass is 10.1. The highest BCUT2D eigenvalue weighted by Crippen LogP contribution is 2.19. The van der Waals surface area contributed by atoms with Crippen molar-refractivity contribution in [1.82, 2.24) is 0 Å². The number of carbonyl (C=O) groups is 1. The summed E-state index contributed by atoms with van der Waals surface area (Å²) < 4.78 is 13.7. The molecule has 0 saturated carbocycles. The smallest absolute Gasteiger partial charge is 0.258 e. The Bertz CT molecular complexity index is 653. The molecule has 0 spiro atoms. The van der Waals surface area contributed by atoms with Crippen LogP contribution in [-0.4, -0.2) is 5.91 Å². The first-order chi connectivity index (χ1) is 9.51. The summed E-state index contributed by atoms with van der Waals surface area (Å²) in [5.74, 6) is -1.01. The number of amides is 1. The third-order valence-electron chi connectivity index (χ3n) is 3.15. The second-order valence-electron chi connectivity index (χ2n) is 4.70. The number of aryl methyl sites for hydroxylation is 2. The Morgan fingerprint density at radius 3 is 2.60 bits per heavy atom. The second-order valence-corrected chi connectivity index (χ2v) is 4.70. The van der Waals surface area contributed by atoms with Gasteiger partial charge in [0, 0.05) is 11.4 Å². The number of hydrogen-bond acceptors (Lipinski definition) is 2. The first-order valence-electron chi connectivity index (χ1n) is 6.47. The predicted octanol–water partition coefficient (Wildman–Crippen LogP) is 3.53. The molecule has 0 bridgehead atoms. The highest BCUT2D eigenvalue weighted by Gasteiger charge is 2.12. The molecule has 0 fully saturated rings. The summed E-state index contributed by atoms with van der Waals surface area (Å²) in [4.78, 5) is 12.0. The number of anilines is 2. The monoisotopic (exact) mass is 272 g/mol. The van der Waals surface area contributed by atoms with Crippen LogP contribution in [0.4, 0.5) is 15.8 Å². The van der Waals surface area contributed by atoms with E-state index in [1.54, 1.807) is 25.1 Å². The van der Waals surface area contributed by atoms with Crippen molar-refractivity contribution >= 4 is 17.3 Å². The van der Waals surface area contributed by atoms with E-state index >= 15 is 0 Å². The number of hydrogen-bond donors (Lipinski definition) is 2. The molecule has 2 aromatic carbocycles. The van der Waals surface area contributed by atoms with Crippen molar-refractivity contribution < 1.29 is 9.18 Å². The average Bonchev–Trinajstić information content (AvgIpc) is 2.38. The molecule has 3 N–H and O–H groups in total. The van der Waals surface area contributed by atoms with Gasteiger partial charge in [0.25, 0.3) is 5.91 Å². The molecule has 104 valence electrons. The van der Waals surface area contributed by atoms with E-state index < -0.39 is 11.7 Å². The van der Waals surface area contributed by atoms with Crippen LogP contribution in [0.15, 0.2) is 36.4 Å². The molecule has 20 heavy (non-hydrogen) atoms. The third kappa shape index (κ3) is 2.96. The van der Waals surface area contributed by atoms with Crippen LogP contribution in [0.5, 0.6) is 0 Å². The standard InChI is InChI=1S/C16H17FN2O/c1-3-11-5-6-12(9-15(11)18)19-16(20)13-7-4-10(2)8-14(13)17/h4-9H,3,18H2,1-2H3,(H,19,20). The van der Waals surface area contributed by atoms with Crippen LogP contribution >= 0.6 is 0 Å². The van der Waals surface area contributed by atoms with Crippen LogP contribution in [0, 0.1) is 12.7 Å². The largest absolute Gasteiger partial charge is 0.398 e. The molecular weight excluding hydrogens is 255 g/mol. The molecule has 0 unspecified atom stereocenters. The number of benzene rings is 2. The Morgan fingerprint density at radius 2 is 2.00 bits per heavy atom. The van der Waals surface area contributed by atoms with Crippen molar-refractivity contribution in [3.05, 3.63) is 58.9 Å². The van der Waals surface area contributed by atoms with Gasteiger partial charge in [0.05, 0.1) is 5.56 Å². The van der Waals surface area contributed by atoms with Gasteiger partial charge in [0.15, 0.2) is 0 Å². The lowest BCUT2D eigenvalue weighted by Crippen LogP contribution is -2.14. The van der Waals surface area contributed by atoms with Gasteiger partial charge in [-0.15, -0.1) is 0 Å². The molecule has 0 aliphatic heterocycles. The SMILES string of the molecule is CCc1ccc(NC(=O)c2ccc(C)cc2F)cc1N. The summed E-state index contributed by atoms with van der Waals surface area (Å²) >= 11 is 0. The van der Waals surface area contributed by atoms with E-state index in [4.69, 9.17) is 5.73 Å². The number of nitrogen functional groups attached to an aromatic ring is 1. The van der Waals surface area contributed by atoms with Gasteiger partial charge >= 0.3 is 0 Å². The van der Waals surface area contributed by atoms with Crippen molar-refractivity contribution in [2.24, 2.45) is 0 Å². The number of carbonyl (C=O) groups excluding carboxylic acids is 1. The van der Waals surface area contributed by atoms with Gasteiger partial charge in [-0.2, -0.15) is 0 Å². The fraction of sp³-hybridized carbons (Fsp3) is 0.188. The molecule has 0 heterocycles. The molecule has 4 heteroatoms. The molecule has 0 aromatic heterocycles. The maximum Gasteiger partial charge on any atom is 0.258 e. The van der Waals surface area contributed by atoms with E-state index in [9.17, 15) is 9.18 Å². The third-order valence-corrected chi connectivity index (χ3v) is 3.15. The van der Waals surface area contributed by atoms with Gasteiger partial charge in [-0.1, -0.05) is 19.1 Å². The zero-order valence-corrected chi connectivity index (χ0v) is 11.5. The lowest BCUT2D eigenvalue weighted by molar-refractivity contribution is 0.102. The minimum Gasteiger partial charge on any atom is -0.398 e. The molecule has 1 amide bonds.